The van der Waals surface area contributed by atoms with E-state index in [1.807, 2.05) is 24.3 Å². The Balaban J connectivity index is 1.22. The summed E-state index contributed by atoms with van der Waals surface area (Å²) >= 11 is 0. The smallest absolute Gasteiger partial charge is 0.169 e. The Hall–Kier alpha value is -4.52. The van der Waals surface area contributed by atoms with Crippen molar-refractivity contribution in [2.24, 2.45) is 21.8 Å². The first-order chi connectivity index (χ1) is 21.9. The normalized spacial score (nSPS) is 18.8. The lowest BCUT2D eigenvalue weighted by molar-refractivity contribution is 0.354. The van der Waals surface area contributed by atoms with E-state index in [1.165, 1.54) is 22.4 Å². The number of ether oxygens (including phenoxy) is 5. The van der Waals surface area contributed by atoms with Crippen LogP contribution in [-0.2, 0) is 19.3 Å². The minimum absolute atomic E-state index is 0.361. The van der Waals surface area contributed by atoms with Gasteiger partial charge in [0.25, 0.3) is 0 Å². The second-order valence-corrected chi connectivity index (χ2v) is 11.9. The number of benzene rings is 3. The number of hydrogen-bond acceptors (Lipinski definition) is 7. The van der Waals surface area contributed by atoms with Crippen LogP contribution >= 0.6 is 0 Å². The molecular formula is C38H42N2O5. The first-order valence-electron chi connectivity index (χ1n) is 15.6. The molecule has 0 radical (unpaired) electrons. The highest BCUT2D eigenvalue weighted by molar-refractivity contribution is 6.04. The Kier molecular flexibility index (Phi) is 8.97. The molecule has 0 N–H and O–H groups in total. The molecule has 0 spiro atoms. The third-order valence-corrected chi connectivity index (χ3v) is 9.18. The van der Waals surface area contributed by atoms with Gasteiger partial charge in [-0.05, 0) is 85.7 Å². The van der Waals surface area contributed by atoms with Gasteiger partial charge in [-0.3, -0.25) is 9.98 Å². The molecule has 2 atom stereocenters. The van der Waals surface area contributed by atoms with Crippen LogP contribution in [-0.4, -0.2) is 53.0 Å². The van der Waals surface area contributed by atoms with E-state index >= 15 is 0 Å². The van der Waals surface area contributed by atoms with Crippen molar-refractivity contribution in [3.05, 3.63) is 94.1 Å². The minimum Gasteiger partial charge on any atom is -0.493 e. The molecule has 6 rings (SSSR count). The summed E-state index contributed by atoms with van der Waals surface area (Å²) in [5, 5.41) is 0. The van der Waals surface area contributed by atoms with Crippen molar-refractivity contribution in [1.82, 2.24) is 0 Å². The lowest BCUT2D eigenvalue weighted by Gasteiger charge is -2.32. The Morgan fingerprint density at radius 2 is 1.29 bits per heavy atom. The van der Waals surface area contributed by atoms with Gasteiger partial charge < -0.3 is 23.7 Å². The molecule has 0 amide bonds. The van der Waals surface area contributed by atoms with E-state index in [2.05, 4.69) is 50.3 Å². The molecule has 7 heteroatoms. The van der Waals surface area contributed by atoms with Crippen LogP contribution in [0.25, 0.3) is 0 Å². The lowest BCUT2D eigenvalue weighted by Crippen LogP contribution is -2.30. The molecule has 234 valence electrons. The fourth-order valence-electron chi connectivity index (χ4n) is 6.61. The highest BCUT2D eigenvalue weighted by Gasteiger charge is 2.29. The van der Waals surface area contributed by atoms with E-state index in [-0.39, 0.29) is 0 Å². The fourth-order valence-corrected chi connectivity index (χ4v) is 6.61. The van der Waals surface area contributed by atoms with E-state index in [0.717, 1.165) is 60.5 Å². The monoisotopic (exact) mass is 606 g/mol. The van der Waals surface area contributed by atoms with Gasteiger partial charge in [0, 0.05) is 48.8 Å². The van der Waals surface area contributed by atoms with Gasteiger partial charge in [-0.1, -0.05) is 35.4 Å². The number of methoxy groups -OCH3 is 4. The van der Waals surface area contributed by atoms with Gasteiger partial charge in [-0.25, -0.2) is 0 Å². The zero-order valence-electron chi connectivity index (χ0n) is 27.1. The van der Waals surface area contributed by atoms with Crippen molar-refractivity contribution in [2.75, 3.05) is 41.5 Å². The topological polar surface area (TPSA) is 70.9 Å². The summed E-state index contributed by atoms with van der Waals surface area (Å²) in [6.45, 7) is 6.02. The van der Waals surface area contributed by atoms with Gasteiger partial charge in [0.05, 0.1) is 28.4 Å². The van der Waals surface area contributed by atoms with Crippen molar-refractivity contribution in [1.29, 1.82) is 0 Å². The van der Waals surface area contributed by atoms with Gasteiger partial charge in [0.15, 0.2) is 34.5 Å². The summed E-state index contributed by atoms with van der Waals surface area (Å²) in [6, 6.07) is 16.3. The van der Waals surface area contributed by atoms with Crippen LogP contribution in [0.5, 0.6) is 34.5 Å². The van der Waals surface area contributed by atoms with E-state index in [9.17, 15) is 0 Å². The highest BCUT2D eigenvalue weighted by Crippen LogP contribution is 2.40. The van der Waals surface area contributed by atoms with E-state index < -0.39 is 0 Å². The van der Waals surface area contributed by atoms with Crippen molar-refractivity contribution in [3.63, 3.8) is 0 Å². The molecule has 0 bridgehead atoms. The van der Waals surface area contributed by atoms with Crippen molar-refractivity contribution in [2.45, 2.75) is 39.5 Å². The molecule has 0 fully saturated rings. The van der Waals surface area contributed by atoms with E-state index in [1.54, 1.807) is 28.4 Å². The average molecular weight is 607 g/mol. The molecule has 2 aliphatic heterocycles. The zero-order valence-corrected chi connectivity index (χ0v) is 27.1. The largest absolute Gasteiger partial charge is 0.493 e. The number of allylic oxidation sites excluding steroid dienone is 4. The van der Waals surface area contributed by atoms with Crippen molar-refractivity contribution < 1.29 is 23.7 Å². The maximum absolute atomic E-state index is 6.47. The van der Waals surface area contributed by atoms with Crippen LogP contribution in [0.1, 0.15) is 42.5 Å². The van der Waals surface area contributed by atoms with Crippen LogP contribution in [0, 0.1) is 11.8 Å². The third kappa shape index (κ3) is 6.35. The molecular weight excluding hydrogens is 564 g/mol. The molecule has 3 aromatic carbocycles. The summed E-state index contributed by atoms with van der Waals surface area (Å²) in [6.07, 6.45) is 8.24. The predicted octanol–water partition coefficient (Wildman–Crippen LogP) is 7.63. The fraction of sp³-hybridized carbons (Fsp3) is 0.368. The Labute approximate surface area is 266 Å². The van der Waals surface area contributed by atoms with Crippen LogP contribution in [0.3, 0.4) is 0 Å². The van der Waals surface area contributed by atoms with Crippen molar-refractivity contribution in [3.8, 4) is 34.5 Å². The molecule has 0 saturated carbocycles. The molecule has 2 unspecified atom stereocenters. The molecule has 45 heavy (non-hydrogen) atoms. The van der Waals surface area contributed by atoms with Crippen LogP contribution in [0.2, 0.25) is 0 Å². The summed E-state index contributed by atoms with van der Waals surface area (Å²) in [5.41, 5.74) is 9.50. The molecule has 1 aliphatic carbocycles. The summed E-state index contributed by atoms with van der Waals surface area (Å²) < 4.78 is 29.1. The lowest BCUT2D eigenvalue weighted by atomic mass is 9.75. The number of hydrogen-bond donors (Lipinski definition) is 0. The quantitative estimate of drug-likeness (QED) is 0.237. The maximum Gasteiger partial charge on any atom is 0.169 e. The van der Waals surface area contributed by atoms with Crippen LogP contribution in [0.4, 0.5) is 0 Å². The summed E-state index contributed by atoms with van der Waals surface area (Å²) in [7, 11) is 6.65. The third-order valence-electron chi connectivity index (χ3n) is 9.18. The molecule has 0 saturated heterocycles. The molecule has 3 aromatic rings. The van der Waals surface area contributed by atoms with Crippen molar-refractivity contribution >= 4 is 11.4 Å². The molecule has 7 nitrogen and oxygen atoms in total. The predicted molar refractivity (Wildman–Crippen MR) is 180 cm³/mol. The summed E-state index contributed by atoms with van der Waals surface area (Å²) in [4.78, 5) is 9.84. The van der Waals surface area contributed by atoms with Gasteiger partial charge in [-0.15, -0.1) is 0 Å². The van der Waals surface area contributed by atoms with Crippen LogP contribution in [0.15, 0.2) is 81.8 Å². The van der Waals surface area contributed by atoms with Gasteiger partial charge in [0.2, 0.25) is 0 Å². The van der Waals surface area contributed by atoms with E-state index in [4.69, 9.17) is 33.7 Å². The second-order valence-electron chi connectivity index (χ2n) is 11.9. The van der Waals surface area contributed by atoms with Crippen LogP contribution < -0.4 is 23.7 Å². The number of fused-ring (bicyclic) bond motifs is 2. The van der Waals surface area contributed by atoms with Gasteiger partial charge in [0.1, 0.15) is 0 Å². The minimum atomic E-state index is 0.361. The Morgan fingerprint density at radius 1 is 0.644 bits per heavy atom. The summed E-state index contributed by atoms with van der Waals surface area (Å²) in [5.74, 6) is 4.90. The number of aliphatic imine (C=N–C) groups is 2. The molecule has 2 heterocycles. The maximum atomic E-state index is 6.47. The van der Waals surface area contributed by atoms with Gasteiger partial charge in [-0.2, -0.15) is 0 Å². The molecule has 3 aliphatic rings. The standard InChI is InChI=1S/C38H42N2O5/c1-23-15-27-11-13-39-31(29(27)16-24(23)2)17-25-8-10-34(35(19-25)42-4)45-38-20-26(7-9-33(38)41-3)18-32-30-22-37(44-6)36(43-5)21-28(30)12-14-40-32/h7-10,15-16,19-22,27,29H,11-14,17-18H2,1-6H3. The first kappa shape index (κ1) is 30.5. The number of nitrogens with zero attached hydrogens (tertiary/aromatic N) is 2. The Morgan fingerprint density at radius 3 is 2.04 bits per heavy atom. The average Bonchev–Trinajstić information content (AvgIpc) is 3.06. The number of rotatable bonds is 10. The second kappa shape index (κ2) is 13.2. The SMILES string of the molecule is COc1cc2c(cc1OC)C(Cc1ccc(OC)c(Oc3ccc(CC4=NCCC5C=C(C)C(C)=CC45)cc3OC)c1)=NCC2. The zero-order chi connectivity index (χ0) is 31.5. The first-order valence-corrected chi connectivity index (χ1v) is 15.6. The Bertz CT molecular complexity index is 1720. The van der Waals surface area contributed by atoms with Gasteiger partial charge >= 0.3 is 0 Å². The highest BCUT2D eigenvalue weighted by atomic mass is 16.5. The van der Waals surface area contributed by atoms with E-state index in [0.29, 0.717) is 47.0 Å². The molecule has 0 aromatic heterocycles.